The Hall–Kier alpha value is -3.93. The fourth-order valence-corrected chi connectivity index (χ4v) is 3.76. The van der Waals surface area contributed by atoms with Crippen LogP contribution in [-0.4, -0.2) is 23.3 Å². The van der Waals surface area contributed by atoms with Crippen LogP contribution in [0.2, 0.25) is 0 Å². The van der Waals surface area contributed by atoms with Crippen molar-refractivity contribution >= 4 is 28.4 Å². The van der Waals surface area contributed by atoms with Crippen molar-refractivity contribution < 1.29 is 14.0 Å². The van der Waals surface area contributed by atoms with Crippen LogP contribution in [0.3, 0.4) is 0 Å². The summed E-state index contributed by atoms with van der Waals surface area (Å²) in [5.41, 5.74) is 3.70. The standard InChI is InChI=1S/C26H24FN3O2/c1-17-8-6-12-21(24(17)30-26(32)20-11-2-4-13-22(20)27)25(31)28-15-7-9-18-16-29-23-14-5-3-10-19(18)23/h2-6,8,10-14,16,29H,7,9,15H2,1H3,(H,28,31)(H,30,32). The minimum atomic E-state index is -0.609. The number of benzene rings is 3. The van der Waals surface area contributed by atoms with Crippen LogP contribution in [0.4, 0.5) is 10.1 Å². The molecule has 0 radical (unpaired) electrons. The zero-order chi connectivity index (χ0) is 22.5. The zero-order valence-electron chi connectivity index (χ0n) is 17.7. The maximum atomic E-state index is 14.0. The highest BCUT2D eigenvalue weighted by atomic mass is 19.1. The third-order valence-corrected chi connectivity index (χ3v) is 5.46. The summed E-state index contributed by atoms with van der Waals surface area (Å²) in [6.07, 6.45) is 3.61. The summed E-state index contributed by atoms with van der Waals surface area (Å²) in [4.78, 5) is 28.7. The van der Waals surface area contributed by atoms with Crippen molar-refractivity contribution in [1.82, 2.24) is 10.3 Å². The molecule has 1 aromatic heterocycles. The first kappa shape index (κ1) is 21.3. The molecule has 162 valence electrons. The smallest absolute Gasteiger partial charge is 0.258 e. The molecule has 4 rings (SSSR count). The fourth-order valence-electron chi connectivity index (χ4n) is 3.76. The van der Waals surface area contributed by atoms with Crippen LogP contribution in [0.15, 0.2) is 72.9 Å². The van der Waals surface area contributed by atoms with Gasteiger partial charge in [0.1, 0.15) is 5.82 Å². The number of anilines is 1. The van der Waals surface area contributed by atoms with Gasteiger partial charge in [0.2, 0.25) is 0 Å². The summed E-state index contributed by atoms with van der Waals surface area (Å²) >= 11 is 0. The van der Waals surface area contributed by atoms with Crippen LogP contribution in [0.5, 0.6) is 0 Å². The number of H-pyrrole nitrogens is 1. The van der Waals surface area contributed by atoms with Gasteiger partial charge < -0.3 is 15.6 Å². The molecule has 5 nitrogen and oxygen atoms in total. The Balaban J connectivity index is 1.41. The Bertz CT molecular complexity index is 1280. The van der Waals surface area contributed by atoms with Gasteiger partial charge in [0.15, 0.2) is 0 Å². The van der Waals surface area contributed by atoms with Gasteiger partial charge in [-0.25, -0.2) is 4.39 Å². The maximum Gasteiger partial charge on any atom is 0.258 e. The number of hydrogen-bond acceptors (Lipinski definition) is 2. The lowest BCUT2D eigenvalue weighted by atomic mass is 10.1. The molecular weight excluding hydrogens is 405 g/mol. The lowest BCUT2D eigenvalue weighted by molar-refractivity contribution is 0.0954. The largest absolute Gasteiger partial charge is 0.361 e. The normalized spacial score (nSPS) is 10.8. The van der Waals surface area contributed by atoms with E-state index in [0.29, 0.717) is 17.8 Å². The molecule has 0 saturated carbocycles. The van der Waals surface area contributed by atoms with E-state index < -0.39 is 11.7 Å². The number of carbonyl (C=O) groups excluding carboxylic acids is 2. The van der Waals surface area contributed by atoms with Crippen LogP contribution in [0.25, 0.3) is 10.9 Å². The van der Waals surface area contributed by atoms with E-state index in [4.69, 9.17) is 0 Å². The lowest BCUT2D eigenvalue weighted by Gasteiger charge is -2.14. The van der Waals surface area contributed by atoms with E-state index in [1.807, 2.05) is 24.4 Å². The van der Waals surface area contributed by atoms with E-state index in [0.717, 1.165) is 23.9 Å². The first-order chi connectivity index (χ1) is 15.5. The van der Waals surface area contributed by atoms with Gasteiger partial charge in [-0.05, 0) is 55.2 Å². The van der Waals surface area contributed by atoms with Crippen molar-refractivity contribution in [3.05, 3.63) is 101 Å². The van der Waals surface area contributed by atoms with E-state index in [2.05, 4.69) is 21.7 Å². The van der Waals surface area contributed by atoms with Crippen LogP contribution < -0.4 is 10.6 Å². The van der Waals surface area contributed by atoms with Gasteiger partial charge in [0.05, 0.1) is 16.8 Å². The Kier molecular flexibility index (Phi) is 6.31. The molecule has 3 N–H and O–H groups in total. The molecule has 6 heteroatoms. The minimum absolute atomic E-state index is 0.0687. The second-order valence-electron chi connectivity index (χ2n) is 7.65. The van der Waals surface area contributed by atoms with E-state index in [1.54, 1.807) is 31.2 Å². The molecule has 0 bridgehead atoms. The number of fused-ring (bicyclic) bond motifs is 1. The van der Waals surface area contributed by atoms with Crippen molar-refractivity contribution in [2.24, 2.45) is 0 Å². The van der Waals surface area contributed by atoms with E-state index >= 15 is 0 Å². The molecule has 0 aliphatic heterocycles. The number of amides is 2. The first-order valence-electron chi connectivity index (χ1n) is 10.5. The number of aromatic amines is 1. The molecule has 0 unspecified atom stereocenters. The highest BCUT2D eigenvalue weighted by molar-refractivity contribution is 6.09. The molecule has 0 aliphatic carbocycles. The molecular formula is C26H24FN3O2. The molecule has 0 fully saturated rings. The number of rotatable bonds is 7. The van der Waals surface area contributed by atoms with Crippen molar-refractivity contribution in [2.45, 2.75) is 19.8 Å². The molecule has 3 aromatic carbocycles. The number of halogens is 1. The summed E-state index contributed by atoms with van der Waals surface area (Å²) in [6, 6.07) is 19.1. The Morgan fingerprint density at radius 3 is 2.50 bits per heavy atom. The summed E-state index contributed by atoms with van der Waals surface area (Å²) in [6.45, 7) is 2.29. The average molecular weight is 429 g/mol. The molecule has 0 saturated heterocycles. The predicted octanol–water partition coefficient (Wildman–Crippen LogP) is 5.23. The first-order valence-corrected chi connectivity index (χ1v) is 10.5. The summed E-state index contributed by atoms with van der Waals surface area (Å²) in [5.74, 6) is -1.48. The topological polar surface area (TPSA) is 74.0 Å². The summed E-state index contributed by atoms with van der Waals surface area (Å²) in [5, 5.41) is 6.82. The fraction of sp³-hybridized carbons (Fsp3) is 0.154. The second kappa shape index (κ2) is 9.47. The Morgan fingerprint density at radius 2 is 1.66 bits per heavy atom. The zero-order valence-corrected chi connectivity index (χ0v) is 17.7. The Labute approximate surface area is 185 Å². The van der Waals surface area contributed by atoms with E-state index in [-0.39, 0.29) is 11.5 Å². The van der Waals surface area contributed by atoms with Gasteiger partial charge in [-0.15, -0.1) is 0 Å². The molecule has 4 aromatic rings. The van der Waals surface area contributed by atoms with Crippen molar-refractivity contribution in [2.75, 3.05) is 11.9 Å². The molecule has 32 heavy (non-hydrogen) atoms. The number of para-hydroxylation sites is 2. The van der Waals surface area contributed by atoms with Crippen LogP contribution in [-0.2, 0) is 6.42 Å². The van der Waals surface area contributed by atoms with Gasteiger partial charge in [0, 0.05) is 23.6 Å². The molecule has 0 atom stereocenters. The molecule has 2 amide bonds. The molecule has 1 heterocycles. The average Bonchev–Trinajstić information content (AvgIpc) is 3.21. The third kappa shape index (κ3) is 4.54. The van der Waals surface area contributed by atoms with Crippen molar-refractivity contribution in [3.63, 3.8) is 0 Å². The highest BCUT2D eigenvalue weighted by Crippen LogP contribution is 2.22. The number of aryl methyl sites for hydroxylation is 2. The number of nitrogens with one attached hydrogen (secondary N) is 3. The second-order valence-corrected chi connectivity index (χ2v) is 7.65. The summed E-state index contributed by atoms with van der Waals surface area (Å²) in [7, 11) is 0. The van der Waals surface area contributed by atoms with Gasteiger partial charge in [0.25, 0.3) is 11.8 Å². The molecule has 0 aliphatic rings. The number of aromatic nitrogens is 1. The SMILES string of the molecule is Cc1cccc(C(=O)NCCCc2c[nH]c3ccccc23)c1NC(=O)c1ccccc1F. The monoisotopic (exact) mass is 429 g/mol. The van der Waals surface area contributed by atoms with Crippen LogP contribution in [0, 0.1) is 12.7 Å². The maximum absolute atomic E-state index is 14.0. The lowest BCUT2D eigenvalue weighted by Crippen LogP contribution is -2.27. The number of carbonyl (C=O) groups is 2. The Morgan fingerprint density at radius 1 is 0.906 bits per heavy atom. The highest BCUT2D eigenvalue weighted by Gasteiger charge is 2.18. The number of hydrogen-bond donors (Lipinski definition) is 3. The van der Waals surface area contributed by atoms with Crippen LogP contribution >= 0.6 is 0 Å². The summed E-state index contributed by atoms with van der Waals surface area (Å²) < 4.78 is 14.0. The third-order valence-electron chi connectivity index (χ3n) is 5.46. The quantitative estimate of drug-likeness (QED) is 0.352. The van der Waals surface area contributed by atoms with Gasteiger partial charge >= 0.3 is 0 Å². The van der Waals surface area contributed by atoms with Gasteiger partial charge in [-0.2, -0.15) is 0 Å². The van der Waals surface area contributed by atoms with E-state index in [9.17, 15) is 14.0 Å². The minimum Gasteiger partial charge on any atom is -0.361 e. The van der Waals surface area contributed by atoms with Crippen molar-refractivity contribution in [1.29, 1.82) is 0 Å². The van der Waals surface area contributed by atoms with Crippen LogP contribution in [0.1, 0.15) is 38.3 Å². The predicted molar refractivity (Wildman–Crippen MR) is 124 cm³/mol. The van der Waals surface area contributed by atoms with Gasteiger partial charge in [-0.3, -0.25) is 9.59 Å². The van der Waals surface area contributed by atoms with Crippen molar-refractivity contribution in [3.8, 4) is 0 Å². The molecule has 0 spiro atoms. The van der Waals surface area contributed by atoms with E-state index in [1.165, 1.54) is 29.1 Å². The van der Waals surface area contributed by atoms with Gasteiger partial charge in [-0.1, -0.05) is 42.5 Å².